The minimum Gasteiger partial charge on any atom is -0.490 e. The smallest absolute Gasteiger partial charge is 0.415 e. The first-order chi connectivity index (χ1) is 18.8. The zero-order valence-electron chi connectivity index (χ0n) is 20.7. The van der Waals surface area contributed by atoms with Crippen molar-refractivity contribution in [2.45, 2.75) is 12.8 Å². The maximum absolute atomic E-state index is 13.2. The molecule has 200 valence electrons. The van der Waals surface area contributed by atoms with Crippen LogP contribution in [0.2, 0.25) is 0 Å². The van der Waals surface area contributed by atoms with E-state index in [2.05, 4.69) is 0 Å². The summed E-state index contributed by atoms with van der Waals surface area (Å²) in [5, 5.41) is 22.6. The fourth-order valence-electron chi connectivity index (χ4n) is 4.57. The van der Waals surface area contributed by atoms with Gasteiger partial charge in [-0.3, -0.25) is 10.1 Å². The Kier molecular flexibility index (Phi) is 6.78. The number of carbonyl (C=O) groups excluding carboxylic acids is 1. The largest absolute Gasteiger partial charge is 0.490 e. The fourth-order valence-corrected chi connectivity index (χ4v) is 4.57. The number of allylic oxidation sites excluding steroid dienone is 1. The Morgan fingerprint density at radius 3 is 2.72 bits per heavy atom. The van der Waals surface area contributed by atoms with Crippen LogP contribution in [0.25, 0.3) is 11.0 Å². The third-order valence-corrected chi connectivity index (χ3v) is 6.32. The first-order valence-corrected chi connectivity index (χ1v) is 12.0. The van der Waals surface area contributed by atoms with Crippen LogP contribution in [0.1, 0.15) is 24.0 Å². The van der Waals surface area contributed by atoms with Crippen LogP contribution in [-0.2, 0) is 4.74 Å². The van der Waals surface area contributed by atoms with Crippen molar-refractivity contribution in [3.05, 3.63) is 79.5 Å². The Bertz CT molecular complexity index is 1620. The Labute approximate surface area is 220 Å². The molecule has 1 aromatic heterocycles. The van der Waals surface area contributed by atoms with Gasteiger partial charge in [0.2, 0.25) is 5.88 Å². The Morgan fingerprint density at radius 2 is 2.03 bits per heavy atom. The summed E-state index contributed by atoms with van der Waals surface area (Å²) in [5.74, 6) is -1.92. The highest BCUT2D eigenvalue weighted by atomic mass is 16.6. The molecule has 0 bridgehead atoms. The standard InChI is InChI=1S/C26H22N4O9/c1-2-36-19-12-14(11-17(30(33)34)23(19)39-26(32)29-7-9-35-10-8-29)20-16(13-27)24(28)38-22-15-5-3-4-6-18(15)37-25(31)21(20)22/h3-6,11-12,20H,2,7-10,28H2,1H3/t20-/m1/s1. The molecule has 2 aromatic carbocycles. The van der Waals surface area contributed by atoms with Gasteiger partial charge in [-0.1, -0.05) is 12.1 Å². The third-order valence-electron chi connectivity index (χ3n) is 6.32. The number of morpholine rings is 1. The average molecular weight is 534 g/mol. The van der Waals surface area contributed by atoms with Crippen molar-refractivity contribution < 1.29 is 33.1 Å². The van der Waals surface area contributed by atoms with E-state index < -0.39 is 34.0 Å². The lowest BCUT2D eigenvalue weighted by molar-refractivity contribution is -0.385. The zero-order valence-corrected chi connectivity index (χ0v) is 20.7. The van der Waals surface area contributed by atoms with Gasteiger partial charge in [0.05, 0.1) is 41.6 Å². The van der Waals surface area contributed by atoms with E-state index in [0.717, 1.165) is 6.07 Å². The number of hydrogen-bond acceptors (Lipinski definition) is 11. The number of nitrogens with zero attached hydrogens (tertiary/aromatic N) is 3. The van der Waals surface area contributed by atoms with Crippen molar-refractivity contribution in [2.75, 3.05) is 32.9 Å². The monoisotopic (exact) mass is 534 g/mol. The molecular formula is C26H22N4O9. The minimum atomic E-state index is -1.19. The molecule has 2 N–H and O–H groups in total. The van der Waals surface area contributed by atoms with Gasteiger partial charge in [-0.25, -0.2) is 9.59 Å². The second kappa shape index (κ2) is 10.3. The number of nitro benzene ring substituents is 1. The first kappa shape index (κ1) is 25.6. The van der Waals surface area contributed by atoms with Gasteiger partial charge in [-0.05, 0) is 30.7 Å². The molecule has 2 aliphatic rings. The molecule has 1 saturated heterocycles. The summed E-state index contributed by atoms with van der Waals surface area (Å²) < 4.78 is 27.5. The van der Waals surface area contributed by atoms with Gasteiger partial charge in [0, 0.05) is 19.2 Å². The molecule has 39 heavy (non-hydrogen) atoms. The van der Waals surface area contributed by atoms with E-state index >= 15 is 0 Å². The number of amides is 1. The molecule has 2 aliphatic heterocycles. The number of hydrogen-bond donors (Lipinski definition) is 1. The van der Waals surface area contributed by atoms with Crippen LogP contribution in [0.15, 0.2) is 57.1 Å². The maximum Gasteiger partial charge on any atom is 0.415 e. The van der Waals surface area contributed by atoms with Gasteiger partial charge >= 0.3 is 17.4 Å². The SMILES string of the molecule is CCOc1cc([C@@H]2C(C#N)=C(N)Oc3c2c(=O)oc2ccccc32)cc([N+](=O)[O-])c1OC(=O)N1CCOCC1. The predicted molar refractivity (Wildman–Crippen MR) is 134 cm³/mol. The van der Waals surface area contributed by atoms with Crippen LogP contribution in [0.5, 0.6) is 17.2 Å². The van der Waals surface area contributed by atoms with Gasteiger partial charge in [0.25, 0.3) is 5.75 Å². The maximum atomic E-state index is 13.2. The number of nitro groups is 1. The number of carbonyl (C=O) groups is 1. The number of nitriles is 1. The zero-order chi connectivity index (χ0) is 27.7. The lowest BCUT2D eigenvalue weighted by Crippen LogP contribution is -2.42. The summed E-state index contributed by atoms with van der Waals surface area (Å²) in [6.07, 6.45) is -0.805. The fraction of sp³-hybridized carbons (Fsp3) is 0.269. The lowest BCUT2D eigenvalue weighted by atomic mass is 9.83. The van der Waals surface area contributed by atoms with Crippen molar-refractivity contribution in [3.63, 3.8) is 0 Å². The van der Waals surface area contributed by atoms with Crippen LogP contribution in [-0.4, -0.2) is 48.8 Å². The van der Waals surface area contributed by atoms with Crippen LogP contribution >= 0.6 is 0 Å². The molecule has 0 aliphatic carbocycles. The van der Waals surface area contributed by atoms with E-state index in [9.17, 15) is 25.0 Å². The molecule has 0 spiro atoms. The molecule has 1 fully saturated rings. The number of rotatable bonds is 5. The summed E-state index contributed by atoms with van der Waals surface area (Å²) in [7, 11) is 0. The molecule has 1 amide bonds. The molecule has 13 heteroatoms. The number of para-hydroxylation sites is 1. The summed E-state index contributed by atoms with van der Waals surface area (Å²) in [4.78, 5) is 38.8. The topological polar surface area (TPSA) is 180 Å². The first-order valence-electron chi connectivity index (χ1n) is 12.0. The minimum absolute atomic E-state index is 0.0609. The van der Waals surface area contributed by atoms with E-state index in [4.69, 9.17) is 29.1 Å². The Hall–Kier alpha value is -5.09. The summed E-state index contributed by atoms with van der Waals surface area (Å²) in [6.45, 7) is 2.84. The van der Waals surface area contributed by atoms with E-state index in [1.165, 1.54) is 11.0 Å². The molecule has 1 atom stereocenters. The summed E-state index contributed by atoms with van der Waals surface area (Å²) in [6, 6.07) is 11.0. The van der Waals surface area contributed by atoms with Crippen molar-refractivity contribution >= 4 is 22.7 Å². The second-order valence-corrected chi connectivity index (χ2v) is 8.58. The van der Waals surface area contributed by atoms with E-state index in [1.807, 2.05) is 6.07 Å². The van der Waals surface area contributed by atoms with Gasteiger partial charge < -0.3 is 34.0 Å². The molecule has 3 aromatic rings. The number of nitrogens with two attached hydrogens (primary N) is 1. The molecule has 0 radical (unpaired) electrons. The van der Waals surface area contributed by atoms with Gasteiger partial charge in [-0.2, -0.15) is 5.26 Å². The Balaban J connectivity index is 1.70. The van der Waals surface area contributed by atoms with Crippen LogP contribution in [0.4, 0.5) is 10.5 Å². The normalized spacial score (nSPS) is 16.7. The van der Waals surface area contributed by atoms with E-state index in [1.54, 1.807) is 31.2 Å². The molecule has 13 nitrogen and oxygen atoms in total. The van der Waals surface area contributed by atoms with Crippen molar-refractivity contribution in [2.24, 2.45) is 5.73 Å². The van der Waals surface area contributed by atoms with Crippen LogP contribution in [0.3, 0.4) is 0 Å². The molecular weight excluding hydrogens is 512 g/mol. The second-order valence-electron chi connectivity index (χ2n) is 8.58. The molecule has 0 saturated carbocycles. The molecule has 0 unspecified atom stereocenters. The predicted octanol–water partition coefficient (Wildman–Crippen LogP) is 3.15. The van der Waals surface area contributed by atoms with Crippen molar-refractivity contribution in [1.82, 2.24) is 4.90 Å². The number of benzene rings is 2. The quantitative estimate of drug-likeness (QED) is 0.288. The van der Waals surface area contributed by atoms with Crippen molar-refractivity contribution in [3.8, 4) is 23.3 Å². The van der Waals surface area contributed by atoms with Gasteiger partial charge in [0.1, 0.15) is 17.2 Å². The van der Waals surface area contributed by atoms with Crippen LogP contribution in [0, 0.1) is 21.4 Å². The molecule has 3 heterocycles. The number of fused-ring (bicyclic) bond motifs is 3. The van der Waals surface area contributed by atoms with Crippen molar-refractivity contribution in [1.29, 1.82) is 5.26 Å². The van der Waals surface area contributed by atoms with Gasteiger partial charge in [-0.15, -0.1) is 0 Å². The third kappa shape index (κ3) is 4.57. The van der Waals surface area contributed by atoms with Crippen LogP contribution < -0.4 is 25.6 Å². The van der Waals surface area contributed by atoms with E-state index in [0.29, 0.717) is 18.6 Å². The highest BCUT2D eigenvalue weighted by Gasteiger charge is 2.38. The number of ether oxygens (including phenoxy) is 4. The highest BCUT2D eigenvalue weighted by molar-refractivity contribution is 5.86. The highest BCUT2D eigenvalue weighted by Crippen LogP contribution is 2.47. The summed E-state index contributed by atoms with van der Waals surface area (Å²) >= 11 is 0. The summed E-state index contributed by atoms with van der Waals surface area (Å²) in [5.41, 5.74) is 4.82. The van der Waals surface area contributed by atoms with E-state index in [-0.39, 0.29) is 59.4 Å². The average Bonchev–Trinajstić information content (AvgIpc) is 2.93. The Morgan fingerprint density at radius 1 is 1.28 bits per heavy atom. The molecule has 5 rings (SSSR count). The lowest BCUT2D eigenvalue weighted by Gasteiger charge is -2.27. The van der Waals surface area contributed by atoms with Gasteiger partial charge in [0.15, 0.2) is 11.5 Å².